The van der Waals surface area contributed by atoms with E-state index in [-0.39, 0.29) is 38.1 Å². The van der Waals surface area contributed by atoms with Crippen LogP contribution in [0.15, 0.2) is 67.6 Å². The van der Waals surface area contributed by atoms with Crippen LogP contribution in [0.25, 0.3) is 0 Å². The minimum absolute atomic E-state index is 0.216. The van der Waals surface area contributed by atoms with E-state index in [9.17, 15) is 0 Å². The number of rotatable bonds is 8. The van der Waals surface area contributed by atoms with Crippen LogP contribution >= 0.6 is 0 Å². The average Bonchev–Trinajstić information content (AvgIpc) is 2.55. The van der Waals surface area contributed by atoms with Crippen LogP contribution in [0.3, 0.4) is 0 Å². The minimum atomic E-state index is -0.246. The van der Waals surface area contributed by atoms with Crippen molar-refractivity contribution in [2.75, 3.05) is 0 Å². The zero-order valence-corrected chi connectivity index (χ0v) is 24.2. The lowest BCUT2D eigenvalue weighted by molar-refractivity contribution is 0.903. The van der Waals surface area contributed by atoms with Gasteiger partial charge < -0.3 is 0 Å². The van der Waals surface area contributed by atoms with Gasteiger partial charge in [0.15, 0.2) is 0 Å². The molecular formula is C22H40Si4. The van der Waals surface area contributed by atoms with Crippen LogP contribution in [0.1, 0.15) is 61.8 Å². The smallest absolute Gasteiger partial charge is 0.0776 e. The van der Waals surface area contributed by atoms with Crippen LogP contribution in [-0.2, 0) is 0 Å². The Hall–Kier alpha value is -0.692. The van der Waals surface area contributed by atoms with E-state index in [2.05, 4.69) is 90.3 Å². The molecule has 0 unspecified atom stereocenters. The third-order valence-electron chi connectivity index (χ3n) is 4.98. The van der Waals surface area contributed by atoms with Gasteiger partial charge in [-0.1, -0.05) is 56.2 Å². The summed E-state index contributed by atoms with van der Waals surface area (Å²) >= 11 is 0. The maximum atomic E-state index is 2.69. The van der Waals surface area contributed by atoms with Crippen LogP contribution < -0.4 is 0 Å². The second kappa shape index (κ2) is 11.2. The predicted octanol–water partition coefficient (Wildman–Crippen LogP) is 3.64. The van der Waals surface area contributed by atoms with Crippen molar-refractivity contribution in [2.24, 2.45) is 0 Å². The molecule has 0 N–H and O–H groups in total. The normalized spacial score (nSPS) is 20.9. The summed E-state index contributed by atoms with van der Waals surface area (Å²) in [6.45, 7) is 18.1. The Morgan fingerprint density at radius 1 is 0.731 bits per heavy atom. The van der Waals surface area contributed by atoms with Gasteiger partial charge in [-0.2, -0.15) is 0 Å². The van der Waals surface area contributed by atoms with Gasteiger partial charge in [0.1, 0.15) is 0 Å². The van der Waals surface area contributed by atoms with E-state index in [4.69, 9.17) is 0 Å². The molecule has 0 radical (unpaired) electrons. The summed E-state index contributed by atoms with van der Waals surface area (Å²) < 4.78 is 0.565. The summed E-state index contributed by atoms with van der Waals surface area (Å²) in [6, 6.07) is 0. The molecule has 0 saturated heterocycles. The van der Waals surface area contributed by atoms with Crippen molar-refractivity contribution >= 4 is 38.1 Å². The Kier molecular flexibility index (Phi) is 10.1. The van der Waals surface area contributed by atoms with Crippen molar-refractivity contribution in [3.63, 3.8) is 0 Å². The lowest BCUT2D eigenvalue weighted by Crippen LogP contribution is -2.29. The lowest BCUT2D eigenvalue weighted by atomic mass is 10.1. The largest absolute Gasteiger partial charge is 0.102 e. The molecule has 0 saturated carbocycles. The van der Waals surface area contributed by atoms with E-state index < -0.39 is 0 Å². The number of allylic oxidation sites excluding steroid dienone is 8. The molecule has 0 heterocycles. The third kappa shape index (κ3) is 8.80. The second-order valence-corrected chi connectivity index (χ2v) is 17.6. The van der Waals surface area contributed by atoms with Crippen LogP contribution in [0, 0.1) is 0 Å². The first kappa shape index (κ1) is 23.3. The number of hydrogen-bond acceptors (Lipinski definition) is 0. The molecule has 0 aromatic carbocycles. The van der Waals surface area contributed by atoms with Crippen molar-refractivity contribution in [1.82, 2.24) is 0 Å². The van der Waals surface area contributed by atoms with Crippen molar-refractivity contribution in [3.8, 4) is 0 Å². The van der Waals surface area contributed by atoms with Gasteiger partial charge >= 0.3 is 0 Å². The standard InChI is InChI=1S/C22H40Si4/c1-16(2)12-23-20-9-10-22(25-14-18(5)6,26-15-19(7)8)11-21(20)24-13-17(3)4/h9-10,12-15H,11,23-26H2,1-8H3. The Morgan fingerprint density at radius 3 is 1.65 bits per heavy atom. The topological polar surface area (TPSA) is 0 Å². The van der Waals surface area contributed by atoms with Crippen molar-refractivity contribution in [2.45, 2.75) is 66.5 Å². The van der Waals surface area contributed by atoms with Gasteiger partial charge in [0.25, 0.3) is 0 Å². The molecule has 144 valence electrons. The van der Waals surface area contributed by atoms with Crippen molar-refractivity contribution in [1.29, 1.82) is 0 Å². The highest BCUT2D eigenvalue weighted by Gasteiger charge is 2.30. The van der Waals surface area contributed by atoms with Gasteiger partial charge in [0.05, 0.1) is 38.1 Å². The molecule has 0 nitrogen and oxygen atoms in total. The fraction of sp³-hybridized carbons (Fsp3) is 0.455. The van der Waals surface area contributed by atoms with E-state index in [0.29, 0.717) is 4.66 Å². The molecule has 26 heavy (non-hydrogen) atoms. The molecule has 0 aromatic heterocycles. The summed E-state index contributed by atoms with van der Waals surface area (Å²) in [5, 5.41) is 3.66. The molecule has 0 atom stereocenters. The first-order valence-electron chi connectivity index (χ1n) is 10.1. The van der Waals surface area contributed by atoms with Gasteiger partial charge in [-0.25, -0.2) is 0 Å². The van der Waals surface area contributed by atoms with Gasteiger partial charge in [-0.3, -0.25) is 0 Å². The molecule has 0 aliphatic heterocycles. The first-order valence-corrected chi connectivity index (χ1v) is 16.2. The van der Waals surface area contributed by atoms with E-state index in [1.807, 2.05) is 5.20 Å². The van der Waals surface area contributed by atoms with E-state index in [1.54, 1.807) is 5.20 Å². The molecule has 0 spiro atoms. The average molecular weight is 417 g/mol. The van der Waals surface area contributed by atoms with Gasteiger partial charge in [-0.05, 0) is 66.5 Å². The maximum Gasteiger partial charge on any atom is 0.0776 e. The highest BCUT2D eigenvalue weighted by Crippen LogP contribution is 2.39. The number of hydrogen-bond donors (Lipinski definition) is 0. The Labute approximate surface area is 172 Å². The maximum absolute atomic E-state index is 2.69. The van der Waals surface area contributed by atoms with Crippen molar-refractivity contribution in [3.05, 3.63) is 67.6 Å². The quantitative estimate of drug-likeness (QED) is 0.530. The minimum Gasteiger partial charge on any atom is -0.102 e. The van der Waals surface area contributed by atoms with Crippen LogP contribution in [-0.4, -0.2) is 38.1 Å². The monoisotopic (exact) mass is 416 g/mol. The van der Waals surface area contributed by atoms with Crippen molar-refractivity contribution < 1.29 is 0 Å². The van der Waals surface area contributed by atoms with Gasteiger partial charge in [-0.15, -0.1) is 11.4 Å². The summed E-state index contributed by atoms with van der Waals surface area (Å²) in [5.74, 6) is 0. The molecule has 1 rings (SSSR count). The predicted molar refractivity (Wildman–Crippen MR) is 135 cm³/mol. The fourth-order valence-corrected chi connectivity index (χ4v) is 12.3. The SMILES string of the molecule is CC(C)=C[SiH2]C1=C([SiH2]C=C(C)C)CC([SiH2]C=C(C)C)([SiH2]C=C(C)C)C=C1. The Balaban J connectivity index is 3.22. The fourth-order valence-electron chi connectivity index (χ4n) is 3.23. The zero-order valence-electron chi connectivity index (χ0n) is 18.5. The third-order valence-corrected chi connectivity index (χ3v) is 16.3. The van der Waals surface area contributed by atoms with Gasteiger partial charge in [0, 0.05) is 0 Å². The van der Waals surface area contributed by atoms with Gasteiger partial charge in [0.2, 0.25) is 0 Å². The Morgan fingerprint density at radius 2 is 1.19 bits per heavy atom. The summed E-state index contributed by atoms with van der Waals surface area (Å²) in [6.07, 6.45) is 6.67. The zero-order chi connectivity index (χ0) is 19.7. The van der Waals surface area contributed by atoms with E-state index in [0.717, 1.165) is 0 Å². The highest BCUT2D eigenvalue weighted by molar-refractivity contribution is 6.70. The van der Waals surface area contributed by atoms with E-state index >= 15 is 0 Å². The second-order valence-electron chi connectivity index (χ2n) is 8.94. The van der Waals surface area contributed by atoms with Crippen LogP contribution in [0.2, 0.25) is 4.66 Å². The molecule has 1 aliphatic carbocycles. The summed E-state index contributed by atoms with van der Waals surface area (Å²) in [4.78, 5) is 0. The first-order chi connectivity index (χ1) is 12.1. The summed E-state index contributed by atoms with van der Waals surface area (Å²) in [5.41, 5.74) is 16.4. The molecule has 4 heteroatoms. The summed E-state index contributed by atoms with van der Waals surface area (Å²) in [7, 11) is -0.920. The molecule has 0 fully saturated rings. The van der Waals surface area contributed by atoms with Crippen LogP contribution in [0.4, 0.5) is 0 Å². The lowest BCUT2D eigenvalue weighted by Gasteiger charge is -2.34. The molecule has 0 aromatic rings. The van der Waals surface area contributed by atoms with Crippen LogP contribution in [0.5, 0.6) is 0 Å². The highest BCUT2D eigenvalue weighted by atomic mass is 28.3. The van der Waals surface area contributed by atoms with E-state index in [1.165, 1.54) is 28.7 Å². The Bertz CT molecular complexity index is 636. The molecule has 0 bridgehead atoms. The molecule has 1 aliphatic rings. The molecular weight excluding hydrogens is 377 g/mol. The molecule has 0 amide bonds.